The van der Waals surface area contributed by atoms with E-state index in [1.54, 1.807) is 0 Å². The summed E-state index contributed by atoms with van der Waals surface area (Å²) in [5, 5.41) is 17.0. The van der Waals surface area contributed by atoms with Crippen molar-refractivity contribution in [3.8, 4) is 0 Å². The minimum atomic E-state index is -0.101. The summed E-state index contributed by atoms with van der Waals surface area (Å²) >= 11 is 0. The standard InChI is InChI=1S/C14H25N3O3/c1-14(2,3)13-16-15-12(20-13)10-17-6-4-11(5-7-17)19-9-8-18/h11,18H,4-10H2,1-3H3. The molecule has 1 aromatic heterocycles. The molecule has 0 radical (unpaired) electrons. The molecule has 1 aromatic rings. The summed E-state index contributed by atoms with van der Waals surface area (Å²) in [6, 6.07) is 0. The van der Waals surface area contributed by atoms with E-state index in [9.17, 15) is 0 Å². The van der Waals surface area contributed by atoms with Crippen LogP contribution in [0.2, 0.25) is 0 Å². The van der Waals surface area contributed by atoms with Gasteiger partial charge < -0.3 is 14.3 Å². The van der Waals surface area contributed by atoms with Crippen molar-refractivity contribution in [3.63, 3.8) is 0 Å². The zero-order valence-electron chi connectivity index (χ0n) is 12.6. The van der Waals surface area contributed by atoms with Crippen molar-refractivity contribution < 1.29 is 14.3 Å². The predicted molar refractivity (Wildman–Crippen MR) is 74.3 cm³/mol. The Bertz CT molecular complexity index is 406. The van der Waals surface area contributed by atoms with Crippen molar-refractivity contribution in [3.05, 3.63) is 11.8 Å². The van der Waals surface area contributed by atoms with E-state index in [2.05, 4.69) is 35.9 Å². The first kappa shape index (κ1) is 15.4. The lowest BCUT2D eigenvalue weighted by Crippen LogP contribution is -2.37. The minimum Gasteiger partial charge on any atom is -0.423 e. The van der Waals surface area contributed by atoms with Crippen LogP contribution >= 0.6 is 0 Å². The summed E-state index contributed by atoms with van der Waals surface area (Å²) in [6.45, 7) is 9.35. The Morgan fingerprint density at radius 3 is 2.55 bits per heavy atom. The second-order valence-corrected chi connectivity index (χ2v) is 6.32. The highest BCUT2D eigenvalue weighted by Crippen LogP contribution is 2.21. The van der Waals surface area contributed by atoms with Gasteiger partial charge in [-0.2, -0.15) is 0 Å². The van der Waals surface area contributed by atoms with Crippen molar-refractivity contribution in [2.24, 2.45) is 0 Å². The van der Waals surface area contributed by atoms with Crippen LogP contribution in [-0.2, 0) is 16.7 Å². The van der Waals surface area contributed by atoms with E-state index in [1.807, 2.05) is 0 Å². The third-order valence-corrected chi connectivity index (χ3v) is 3.45. The maximum Gasteiger partial charge on any atom is 0.230 e. The molecular formula is C14H25N3O3. The topological polar surface area (TPSA) is 71.6 Å². The molecule has 0 saturated carbocycles. The Morgan fingerprint density at radius 2 is 2.00 bits per heavy atom. The summed E-state index contributed by atoms with van der Waals surface area (Å²) in [6.07, 6.45) is 2.24. The van der Waals surface area contributed by atoms with Crippen molar-refractivity contribution in [2.45, 2.75) is 51.7 Å². The molecule has 1 fully saturated rings. The zero-order valence-corrected chi connectivity index (χ0v) is 12.6. The molecule has 1 aliphatic heterocycles. The first-order chi connectivity index (χ1) is 9.49. The Labute approximate surface area is 120 Å². The fraction of sp³-hybridized carbons (Fsp3) is 0.857. The van der Waals surface area contributed by atoms with Gasteiger partial charge in [0.1, 0.15) is 0 Å². The molecule has 0 unspecified atom stereocenters. The van der Waals surface area contributed by atoms with Crippen LogP contribution in [0.25, 0.3) is 0 Å². The molecule has 0 bridgehead atoms. The molecule has 6 nitrogen and oxygen atoms in total. The van der Waals surface area contributed by atoms with E-state index < -0.39 is 0 Å². The second-order valence-electron chi connectivity index (χ2n) is 6.32. The zero-order chi connectivity index (χ0) is 14.6. The average Bonchev–Trinajstić information content (AvgIpc) is 2.86. The first-order valence-corrected chi connectivity index (χ1v) is 7.26. The van der Waals surface area contributed by atoms with E-state index in [-0.39, 0.29) is 18.1 Å². The largest absolute Gasteiger partial charge is 0.423 e. The highest BCUT2D eigenvalue weighted by atomic mass is 16.5. The molecule has 1 saturated heterocycles. The van der Waals surface area contributed by atoms with E-state index in [4.69, 9.17) is 14.3 Å². The highest BCUT2D eigenvalue weighted by molar-refractivity contribution is 4.96. The number of piperidine rings is 1. The molecule has 0 atom stereocenters. The van der Waals surface area contributed by atoms with Gasteiger partial charge in [0.05, 0.1) is 25.9 Å². The number of likely N-dealkylation sites (tertiary alicyclic amines) is 1. The van der Waals surface area contributed by atoms with Gasteiger partial charge in [-0.15, -0.1) is 10.2 Å². The SMILES string of the molecule is CC(C)(C)c1nnc(CN2CCC(OCCO)CC2)o1. The lowest BCUT2D eigenvalue weighted by molar-refractivity contribution is -0.0102. The fourth-order valence-electron chi connectivity index (χ4n) is 2.27. The molecule has 114 valence electrons. The van der Waals surface area contributed by atoms with Crippen LogP contribution in [0.15, 0.2) is 4.42 Å². The summed E-state index contributed by atoms with van der Waals surface area (Å²) in [5.41, 5.74) is -0.101. The second kappa shape index (κ2) is 6.65. The van der Waals surface area contributed by atoms with Crippen LogP contribution in [0.1, 0.15) is 45.4 Å². The summed E-state index contributed by atoms with van der Waals surface area (Å²) in [5.74, 6) is 1.37. The minimum absolute atomic E-state index is 0.0950. The Hall–Kier alpha value is -0.980. The number of nitrogens with zero attached hydrogens (tertiary/aromatic N) is 3. The lowest BCUT2D eigenvalue weighted by Gasteiger charge is -2.30. The van der Waals surface area contributed by atoms with E-state index >= 15 is 0 Å². The molecule has 0 spiro atoms. The average molecular weight is 283 g/mol. The van der Waals surface area contributed by atoms with Gasteiger partial charge in [-0.1, -0.05) is 20.8 Å². The van der Waals surface area contributed by atoms with Gasteiger partial charge in [-0.3, -0.25) is 4.90 Å². The summed E-state index contributed by atoms with van der Waals surface area (Å²) in [7, 11) is 0. The molecule has 0 amide bonds. The summed E-state index contributed by atoms with van der Waals surface area (Å²) < 4.78 is 11.3. The molecule has 6 heteroatoms. The molecule has 2 rings (SSSR count). The van der Waals surface area contributed by atoms with Gasteiger partial charge in [0.2, 0.25) is 11.8 Å². The number of aromatic nitrogens is 2. The predicted octanol–water partition coefficient (Wildman–Crippen LogP) is 1.34. The number of aliphatic hydroxyl groups is 1. The van der Waals surface area contributed by atoms with Gasteiger partial charge >= 0.3 is 0 Å². The molecule has 0 aromatic carbocycles. The number of rotatable bonds is 5. The van der Waals surface area contributed by atoms with Crippen molar-refractivity contribution in [2.75, 3.05) is 26.3 Å². The lowest BCUT2D eigenvalue weighted by atomic mass is 9.97. The molecule has 20 heavy (non-hydrogen) atoms. The Kier molecular flexibility index (Phi) is 5.12. The highest BCUT2D eigenvalue weighted by Gasteiger charge is 2.24. The maximum absolute atomic E-state index is 8.75. The van der Waals surface area contributed by atoms with Gasteiger partial charge in [-0.05, 0) is 12.8 Å². The van der Waals surface area contributed by atoms with Crippen LogP contribution in [0.3, 0.4) is 0 Å². The third kappa shape index (κ3) is 4.26. The quantitative estimate of drug-likeness (QED) is 0.879. The van der Waals surface area contributed by atoms with Gasteiger partial charge in [-0.25, -0.2) is 0 Å². The first-order valence-electron chi connectivity index (χ1n) is 7.26. The fourth-order valence-corrected chi connectivity index (χ4v) is 2.27. The Balaban J connectivity index is 1.79. The van der Waals surface area contributed by atoms with Gasteiger partial charge in [0, 0.05) is 18.5 Å². The van der Waals surface area contributed by atoms with E-state index in [1.165, 1.54) is 0 Å². The maximum atomic E-state index is 8.75. The number of ether oxygens (including phenoxy) is 1. The molecule has 2 heterocycles. The molecular weight excluding hydrogens is 258 g/mol. The van der Waals surface area contributed by atoms with Gasteiger partial charge in [0.25, 0.3) is 0 Å². The third-order valence-electron chi connectivity index (χ3n) is 3.45. The van der Waals surface area contributed by atoms with Crippen molar-refractivity contribution >= 4 is 0 Å². The van der Waals surface area contributed by atoms with Crippen LogP contribution in [-0.4, -0.2) is 52.6 Å². The Morgan fingerprint density at radius 1 is 1.30 bits per heavy atom. The van der Waals surface area contributed by atoms with Crippen LogP contribution in [0.5, 0.6) is 0 Å². The van der Waals surface area contributed by atoms with Crippen molar-refractivity contribution in [1.29, 1.82) is 0 Å². The number of hydrogen-bond donors (Lipinski definition) is 1. The molecule has 0 aliphatic carbocycles. The summed E-state index contributed by atoms with van der Waals surface area (Å²) in [4.78, 5) is 2.30. The molecule has 1 N–H and O–H groups in total. The number of hydrogen-bond acceptors (Lipinski definition) is 6. The molecule has 1 aliphatic rings. The van der Waals surface area contributed by atoms with Crippen LogP contribution < -0.4 is 0 Å². The normalized spacial score (nSPS) is 18.6. The van der Waals surface area contributed by atoms with Gasteiger partial charge in [0.15, 0.2) is 0 Å². The van der Waals surface area contributed by atoms with Crippen molar-refractivity contribution in [1.82, 2.24) is 15.1 Å². The van der Waals surface area contributed by atoms with E-state index in [0.717, 1.165) is 25.9 Å². The smallest absolute Gasteiger partial charge is 0.230 e. The van der Waals surface area contributed by atoms with Crippen LogP contribution in [0, 0.1) is 0 Å². The van der Waals surface area contributed by atoms with E-state index in [0.29, 0.717) is 24.9 Å². The number of aliphatic hydroxyl groups excluding tert-OH is 1. The van der Waals surface area contributed by atoms with Crippen LogP contribution in [0.4, 0.5) is 0 Å². The monoisotopic (exact) mass is 283 g/mol.